The SMILES string of the molecule is CCN(CC)C(CNC(=O)COc1ccc(F)cc1)c1ccccc1. The molecule has 1 unspecified atom stereocenters. The van der Waals surface area contributed by atoms with E-state index in [1.807, 2.05) is 18.2 Å². The third-order valence-corrected chi connectivity index (χ3v) is 4.11. The number of rotatable bonds is 9. The molecule has 0 aliphatic carbocycles. The fourth-order valence-corrected chi connectivity index (χ4v) is 2.74. The molecule has 0 aliphatic rings. The van der Waals surface area contributed by atoms with Crippen molar-refractivity contribution in [2.45, 2.75) is 19.9 Å². The van der Waals surface area contributed by atoms with Crippen LogP contribution >= 0.6 is 0 Å². The summed E-state index contributed by atoms with van der Waals surface area (Å²) in [5.41, 5.74) is 1.17. The van der Waals surface area contributed by atoms with Crippen LogP contribution in [0.25, 0.3) is 0 Å². The van der Waals surface area contributed by atoms with Crippen LogP contribution in [0.15, 0.2) is 54.6 Å². The van der Waals surface area contributed by atoms with Crippen molar-refractivity contribution in [1.82, 2.24) is 10.2 Å². The molecule has 134 valence electrons. The predicted octanol–water partition coefficient (Wildman–Crippen LogP) is 3.40. The zero-order valence-electron chi connectivity index (χ0n) is 14.7. The Morgan fingerprint density at radius 1 is 1.08 bits per heavy atom. The van der Waals surface area contributed by atoms with E-state index in [1.165, 1.54) is 29.8 Å². The van der Waals surface area contributed by atoms with E-state index in [4.69, 9.17) is 4.74 Å². The highest BCUT2D eigenvalue weighted by Crippen LogP contribution is 2.19. The summed E-state index contributed by atoms with van der Waals surface area (Å²) in [6, 6.07) is 15.9. The molecule has 0 spiro atoms. The molecule has 0 saturated carbocycles. The summed E-state index contributed by atoms with van der Waals surface area (Å²) < 4.78 is 18.2. The molecule has 0 aliphatic heterocycles. The highest BCUT2D eigenvalue weighted by molar-refractivity contribution is 5.77. The maximum Gasteiger partial charge on any atom is 0.258 e. The lowest BCUT2D eigenvalue weighted by Gasteiger charge is -2.30. The second-order valence-electron chi connectivity index (χ2n) is 5.69. The summed E-state index contributed by atoms with van der Waals surface area (Å²) in [7, 11) is 0. The van der Waals surface area contributed by atoms with Gasteiger partial charge in [-0.1, -0.05) is 44.2 Å². The van der Waals surface area contributed by atoms with E-state index < -0.39 is 0 Å². The minimum Gasteiger partial charge on any atom is -0.484 e. The molecule has 0 aromatic heterocycles. The first-order chi connectivity index (χ1) is 12.1. The fourth-order valence-electron chi connectivity index (χ4n) is 2.74. The zero-order valence-corrected chi connectivity index (χ0v) is 14.7. The smallest absolute Gasteiger partial charge is 0.258 e. The molecule has 0 saturated heterocycles. The van der Waals surface area contributed by atoms with E-state index >= 15 is 0 Å². The fraction of sp³-hybridized carbons (Fsp3) is 0.350. The number of hydrogen-bond donors (Lipinski definition) is 1. The van der Waals surface area contributed by atoms with E-state index in [0.717, 1.165) is 13.1 Å². The minimum absolute atomic E-state index is 0.0919. The molecule has 0 radical (unpaired) electrons. The number of halogens is 1. The second kappa shape index (κ2) is 9.79. The number of nitrogens with one attached hydrogen (secondary N) is 1. The Hall–Kier alpha value is -2.40. The van der Waals surface area contributed by atoms with Crippen LogP contribution in [0.2, 0.25) is 0 Å². The number of hydrogen-bond acceptors (Lipinski definition) is 3. The van der Waals surface area contributed by atoms with Gasteiger partial charge in [0, 0.05) is 6.54 Å². The van der Waals surface area contributed by atoms with Crippen LogP contribution in [0.5, 0.6) is 5.75 Å². The van der Waals surface area contributed by atoms with Crippen LogP contribution in [0.3, 0.4) is 0 Å². The van der Waals surface area contributed by atoms with Gasteiger partial charge in [-0.3, -0.25) is 9.69 Å². The highest BCUT2D eigenvalue weighted by Gasteiger charge is 2.18. The summed E-state index contributed by atoms with van der Waals surface area (Å²) in [6.45, 7) is 6.44. The molecule has 0 bridgehead atoms. The van der Waals surface area contributed by atoms with Crippen molar-refractivity contribution in [2.24, 2.45) is 0 Å². The van der Waals surface area contributed by atoms with Gasteiger partial charge in [0.2, 0.25) is 0 Å². The predicted molar refractivity (Wildman–Crippen MR) is 97.0 cm³/mol. The van der Waals surface area contributed by atoms with E-state index in [0.29, 0.717) is 12.3 Å². The lowest BCUT2D eigenvalue weighted by molar-refractivity contribution is -0.123. The number of amides is 1. The van der Waals surface area contributed by atoms with Gasteiger partial charge in [0.15, 0.2) is 6.61 Å². The maximum absolute atomic E-state index is 12.9. The van der Waals surface area contributed by atoms with Crippen LogP contribution in [0, 0.1) is 5.82 Å². The molecule has 1 amide bonds. The van der Waals surface area contributed by atoms with E-state index in [1.54, 1.807) is 0 Å². The van der Waals surface area contributed by atoms with E-state index in [2.05, 4.69) is 36.2 Å². The molecule has 2 aromatic rings. The third kappa shape index (κ3) is 5.87. The largest absolute Gasteiger partial charge is 0.484 e. The molecule has 2 aromatic carbocycles. The first-order valence-electron chi connectivity index (χ1n) is 8.58. The average Bonchev–Trinajstić information content (AvgIpc) is 2.65. The van der Waals surface area contributed by atoms with Gasteiger partial charge in [0.25, 0.3) is 5.91 Å². The van der Waals surface area contributed by atoms with Crippen LogP contribution < -0.4 is 10.1 Å². The number of benzene rings is 2. The van der Waals surface area contributed by atoms with Gasteiger partial charge in [0.1, 0.15) is 11.6 Å². The summed E-state index contributed by atoms with van der Waals surface area (Å²) in [5.74, 6) is -0.0564. The quantitative estimate of drug-likeness (QED) is 0.758. The van der Waals surface area contributed by atoms with Crippen molar-refractivity contribution in [2.75, 3.05) is 26.2 Å². The van der Waals surface area contributed by atoms with E-state index in [-0.39, 0.29) is 24.4 Å². The topological polar surface area (TPSA) is 41.6 Å². The molecule has 1 N–H and O–H groups in total. The van der Waals surface area contributed by atoms with E-state index in [9.17, 15) is 9.18 Å². The minimum atomic E-state index is -0.332. The second-order valence-corrected chi connectivity index (χ2v) is 5.69. The Balaban J connectivity index is 1.90. The Morgan fingerprint density at radius 3 is 2.32 bits per heavy atom. The number of ether oxygens (including phenoxy) is 1. The Morgan fingerprint density at radius 2 is 1.72 bits per heavy atom. The Kier molecular flexibility index (Phi) is 7.41. The van der Waals surface area contributed by atoms with Crippen LogP contribution in [-0.2, 0) is 4.79 Å². The van der Waals surface area contributed by atoms with Gasteiger partial charge >= 0.3 is 0 Å². The van der Waals surface area contributed by atoms with Crippen molar-refractivity contribution in [1.29, 1.82) is 0 Å². The normalized spacial score (nSPS) is 12.0. The van der Waals surface area contributed by atoms with Crippen molar-refractivity contribution in [3.8, 4) is 5.75 Å². The van der Waals surface area contributed by atoms with Gasteiger partial charge in [-0.2, -0.15) is 0 Å². The lowest BCUT2D eigenvalue weighted by Crippen LogP contribution is -2.39. The summed E-state index contributed by atoms with van der Waals surface area (Å²) in [5, 5.41) is 2.93. The van der Waals surface area contributed by atoms with Crippen LogP contribution in [-0.4, -0.2) is 37.0 Å². The summed E-state index contributed by atoms with van der Waals surface area (Å²) in [6.07, 6.45) is 0. The summed E-state index contributed by atoms with van der Waals surface area (Å²) >= 11 is 0. The number of carbonyl (C=O) groups excluding carboxylic acids is 1. The molecule has 0 heterocycles. The molecule has 0 fully saturated rings. The molecule has 5 heteroatoms. The third-order valence-electron chi connectivity index (χ3n) is 4.11. The van der Waals surface area contributed by atoms with Gasteiger partial charge in [-0.25, -0.2) is 4.39 Å². The Bertz CT molecular complexity index is 643. The lowest BCUT2D eigenvalue weighted by atomic mass is 10.1. The van der Waals surface area contributed by atoms with Crippen molar-refractivity contribution >= 4 is 5.91 Å². The molecule has 4 nitrogen and oxygen atoms in total. The van der Waals surface area contributed by atoms with Crippen molar-refractivity contribution < 1.29 is 13.9 Å². The van der Waals surface area contributed by atoms with Crippen molar-refractivity contribution in [3.63, 3.8) is 0 Å². The Labute approximate surface area is 148 Å². The molecule has 1 atom stereocenters. The molecule has 2 rings (SSSR count). The number of carbonyl (C=O) groups is 1. The molecular weight excluding hydrogens is 319 g/mol. The standard InChI is InChI=1S/C20H25FN2O2/c1-3-23(4-2)19(16-8-6-5-7-9-16)14-22-20(24)15-25-18-12-10-17(21)11-13-18/h5-13,19H,3-4,14-15H2,1-2H3,(H,22,24). The van der Waals surface area contributed by atoms with Gasteiger partial charge in [0.05, 0.1) is 6.04 Å². The zero-order chi connectivity index (χ0) is 18.1. The number of nitrogens with zero attached hydrogens (tertiary/aromatic N) is 1. The van der Waals surface area contributed by atoms with Gasteiger partial charge in [-0.15, -0.1) is 0 Å². The van der Waals surface area contributed by atoms with Crippen LogP contribution in [0.1, 0.15) is 25.5 Å². The van der Waals surface area contributed by atoms with Gasteiger partial charge in [-0.05, 0) is 42.9 Å². The first-order valence-corrected chi connectivity index (χ1v) is 8.58. The summed E-state index contributed by atoms with van der Waals surface area (Å²) in [4.78, 5) is 14.4. The highest BCUT2D eigenvalue weighted by atomic mass is 19.1. The number of likely N-dealkylation sites (N-methyl/N-ethyl adjacent to an activating group) is 1. The maximum atomic E-state index is 12.9. The monoisotopic (exact) mass is 344 g/mol. The molecule has 25 heavy (non-hydrogen) atoms. The average molecular weight is 344 g/mol. The first kappa shape index (κ1) is 18.9. The molecular formula is C20H25FN2O2. The van der Waals surface area contributed by atoms with Crippen LogP contribution in [0.4, 0.5) is 4.39 Å². The van der Waals surface area contributed by atoms with Crippen molar-refractivity contribution in [3.05, 3.63) is 66.0 Å². The van der Waals surface area contributed by atoms with Gasteiger partial charge < -0.3 is 10.1 Å².